The van der Waals surface area contributed by atoms with E-state index in [2.05, 4.69) is 27.9 Å². The molecule has 0 bridgehead atoms. The molecule has 78 valence electrons. The summed E-state index contributed by atoms with van der Waals surface area (Å²) in [5, 5.41) is 16.3. The summed E-state index contributed by atoms with van der Waals surface area (Å²) >= 11 is 0. The lowest BCUT2D eigenvalue weighted by atomic mass is 10.5. The molecule has 0 radical (unpaired) electrons. The van der Waals surface area contributed by atoms with Crippen LogP contribution in [-0.2, 0) is 9.59 Å². The first-order chi connectivity index (χ1) is 5.76. The van der Waals surface area contributed by atoms with Crippen molar-refractivity contribution in [1.82, 2.24) is 0 Å². The van der Waals surface area contributed by atoms with Crippen LogP contribution < -0.4 is 5.11 Å². The van der Waals surface area contributed by atoms with Crippen LogP contribution in [0.5, 0.6) is 0 Å². The van der Waals surface area contributed by atoms with Crippen molar-refractivity contribution in [2.45, 2.75) is 13.8 Å². The molecule has 0 saturated heterocycles. The first-order valence-corrected chi connectivity index (χ1v) is 4.03. The maximum Gasteiger partial charge on any atom is 0.351 e. The molecule has 0 spiro atoms. The second kappa shape index (κ2) is 6.42. The Morgan fingerprint density at radius 2 is 1.46 bits per heavy atom. The van der Waals surface area contributed by atoms with Crippen molar-refractivity contribution in [3.63, 3.8) is 0 Å². The summed E-state index contributed by atoms with van der Waals surface area (Å²) in [5.74, 6) is -4.01. The van der Waals surface area contributed by atoms with Crippen molar-refractivity contribution in [3.05, 3.63) is 0 Å². The van der Waals surface area contributed by atoms with E-state index in [0.717, 1.165) is 4.48 Å². The Bertz CT molecular complexity index is 159. The molecule has 0 amide bonds. The molecule has 0 aromatic heterocycles. The highest BCUT2D eigenvalue weighted by Gasteiger charge is 2.04. The number of quaternary nitrogens is 1. The number of nitrogens with zero attached hydrogens (tertiary/aromatic N) is 1. The van der Waals surface area contributed by atoms with Crippen LogP contribution in [0.25, 0.3) is 0 Å². The van der Waals surface area contributed by atoms with Gasteiger partial charge in [0.05, 0.1) is 27.2 Å². The first kappa shape index (κ1) is 14.4. The second-order valence-electron chi connectivity index (χ2n) is 3.16. The summed E-state index contributed by atoms with van der Waals surface area (Å²) in [6, 6.07) is 0. The summed E-state index contributed by atoms with van der Waals surface area (Å²) in [6.45, 7) is 6.89. The topological polar surface area (TPSA) is 77.4 Å². The third-order valence-electron chi connectivity index (χ3n) is 1.89. The van der Waals surface area contributed by atoms with E-state index >= 15 is 0 Å². The van der Waals surface area contributed by atoms with Crippen LogP contribution in [0.1, 0.15) is 13.8 Å². The number of carbonyl (C=O) groups excluding carboxylic acids is 1. The molecular formula is C8H17NO4. The minimum Gasteiger partial charge on any atom is -0.539 e. The fourth-order valence-electron chi connectivity index (χ4n) is 0.224. The van der Waals surface area contributed by atoms with Crippen LogP contribution in [0.3, 0.4) is 0 Å². The maximum absolute atomic E-state index is 9.04. The number of aliphatic carboxylic acids is 2. The highest BCUT2D eigenvalue weighted by atomic mass is 16.4. The van der Waals surface area contributed by atoms with Crippen LogP contribution in [-0.4, -0.2) is 48.7 Å². The number of hydrogen-bond donors (Lipinski definition) is 1. The summed E-state index contributed by atoms with van der Waals surface area (Å²) < 4.78 is 1.14. The zero-order chi connectivity index (χ0) is 11.1. The lowest BCUT2D eigenvalue weighted by molar-refractivity contribution is -0.886. The smallest absolute Gasteiger partial charge is 0.351 e. The van der Waals surface area contributed by atoms with Gasteiger partial charge < -0.3 is 19.5 Å². The Balaban J connectivity index is 0. The van der Waals surface area contributed by atoms with Crippen molar-refractivity contribution < 1.29 is 24.3 Å². The molecule has 5 nitrogen and oxygen atoms in total. The Morgan fingerprint density at radius 1 is 1.23 bits per heavy atom. The summed E-state index contributed by atoms with van der Waals surface area (Å²) in [5.41, 5.74) is 0. The van der Waals surface area contributed by atoms with E-state index in [9.17, 15) is 0 Å². The highest BCUT2D eigenvalue weighted by Crippen LogP contribution is 1.91. The highest BCUT2D eigenvalue weighted by molar-refractivity contribution is 6.26. The van der Waals surface area contributed by atoms with E-state index in [4.69, 9.17) is 19.8 Å². The standard InChI is InChI=1S/C6H16N.C2H2O4/c1-5-7(3,4)6-2;3-1(4)2(5)6/h5-6H2,1-4H3;(H,3,4)(H,5,6)/q+1;/p-1. The van der Waals surface area contributed by atoms with Gasteiger partial charge in [0.1, 0.15) is 0 Å². The minimum atomic E-state index is -2.07. The second-order valence-corrected chi connectivity index (χ2v) is 3.16. The Hall–Kier alpha value is -1.10. The fraction of sp³-hybridized carbons (Fsp3) is 0.750. The number of carboxylic acids is 2. The molecule has 0 heterocycles. The van der Waals surface area contributed by atoms with Gasteiger partial charge in [-0.3, -0.25) is 0 Å². The lowest BCUT2D eigenvalue weighted by Crippen LogP contribution is -2.38. The Morgan fingerprint density at radius 3 is 1.46 bits per heavy atom. The van der Waals surface area contributed by atoms with E-state index in [1.165, 1.54) is 13.1 Å². The van der Waals surface area contributed by atoms with Gasteiger partial charge in [-0.1, -0.05) is 0 Å². The van der Waals surface area contributed by atoms with E-state index in [0.29, 0.717) is 0 Å². The van der Waals surface area contributed by atoms with E-state index in [1.54, 1.807) is 0 Å². The van der Waals surface area contributed by atoms with Gasteiger partial charge in [-0.15, -0.1) is 0 Å². The first-order valence-electron chi connectivity index (χ1n) is 4.03. The van der Waals surface area contributed by atoms with Crippen LogP contribution in [0, 0.1) is 0 Å². The van der Waals surface area contributed by atoms with Crippen molar-refractivity contribution in [3.8, 4) is 0 Å². The molecule has 1 N–H and O–H groups in total. The van der Waals surface area contributed by atoms with Crippen LogP contribution in [0.15, 0.2) is 0 Å². The molecule has 0 unspecified atom stereocenters. The lowest BCUT2D eigenvalue weighted by Gasteiger charge is -2.25. The van der Waals surface area contributed by atoms with Gasteiger partial charge in [0.2, 0.25) is 0 Å². The SMILES string of the molecule is CC[N+](C)(C)CC.O=C([O-])C(=O)O. The van der Waals surface area contributed by atoms with Gasteiger partial charge in [0, 0.05) is 0 Å². The third-order valence-corrected chi connectivity index (χ3v) is 1.89. The fourth-order valence-corrected chi connectivity index (χ4v) is 0.224. The average Bonchev–Trinajstić information content (AvgIpc) is 2.05. The molecule has 0 saturated carbocycles. The van der Waals surface area contributed by atoms with Crippen LogP contribution in [0.2, 0.25) is 0 Å². The van der Waals surface area contributed by atoms with E-state index in [-0.39, 0.29) is 0 Å². The largest absolute Gasteiger partial charge is 0.539 e. The summed E-state index contributed by atoms with van der Waals surface area (Å²) in [4.78, 5) is 18.0. The van der Waals surface area contributed by atoms with Crippen LogP contribution >= 0.6 is 0 Å². The number of rotatable bonds is 2. The van der Waals surface area contributed by atoms with Crippen LogP contribution in [0.4, 0.5) is 0 Å². The monoisotopic (exact) mass is 191 g/mol. The molecule has 0 aliphatic heterocycles. The van der Waals surface area contributed by atoms with Gasteiger partial charge in [0.15, 0.2) is 5.97 Å². The maximum atomic E-state index is 9.04. The number of carbonyl (C=O) groups is 2. The normalized spacial score (nSPS) is 9.85. The molecule has 0 atom stereocenters. The molecule has 0 aliphatic carbocycles. The predicted molar refractivity (Wildman–Crippen MR) is 45.8 cm³/mol. The third kappa shape index (κ3) is 10.9. The van der Waals surface area contributed by atoms with Gasteiger partial charge >= 0.3 is 5.97 Å². The van der Waals surface area contributed by atoms with Gasteiger partial charge in [-0.05, 0) is 13.8 Å². The van der Waals surface area contributed by atoms with E-state index < -0.39 is 11.9 Å². The van der Waals surface area contributed by atoms with Crippen molar-refractivity contribution >= 4 is 11.9 Å². The molecule has 0 aliphatic rings. The molecule has 0 aromatic rings. The molecule has 0 fully saturated rings. The van der Waals surface area contributed by atoms with Crippen molar-refractivity contribution in [2.24, 2.45) is 0 Å². The zero-order valence-corrected chi connectivity index (χ0v) is 8.53. The zero-order valence-electron chi connectivity index (χ0n) is 8.53. The van der Waals surface area contributed by atoms with Crippen molar-refractivity contribution in [2.75, 3.05) is 27.2 Å². The molecule has 5 heteroatoms. The quantitative estimate of drug-likeness (QED) is 0.445. The number of hydrogen-bond acceptors (Lipinski definition) is 3. The predicted octanol–water partition coefficient (Wildman–Crippen LogP) is -1.08. The summed E-state index contributed by atoms with van der Waals surface area (Å²) in [7, 11) is 4.47. The molecule has 0 rings (SSSR count). The molecule has 0 aromatic carbocycles. The molecular weight excluding hydrogens is 174 g/mol. The average molecular weight is 191 g/mol. The Kier molecular flexibility index (Phi) is 7.12. The number of carboxylic acid groups (broad SMARTS) is 2. The van der Waals surface area contributed by atoms with Gasteiger partial charge in [-0.2, -0.15) is 0 Å². The Labute approximate surface area is 78.2 Å². The van der Waals surface area contributed by atoms with Gasteiger partial charge in [0.25, 0.3) is 0 Å². The minimum absolute atomic E-state index is 1.14. The van der Waals surface area contributed by atoms with Gasteiger partial charge in [-0.25, -0.2) is 4.79 Å². The van der Waals surface area contributed by atoms with Crippen molar-refractivity contribution in [1.29, 1.82) is 0 Å². The molecule has 13 heavy (non-hydrogen) atoms. The summed E-state index contributed by atoms with van der Waals surface area (Å²) in [6.07, 6.45) is 0. The van der Waals surface area contributed by atoms with E-state index in [1.807, 2.05) is 0 Å².